The molecule has 5 atom stereocenters. The molecule has 1 fully saturated rings. The molecule has 34 heavy (non-hydrogen) atoms. The molecule has 0 saturated heterocycles. The second-order valence-electron chi connectivity index (χ2n) is 11.6. The molecule has 0 aromatic carbocycles. The van der Waals surface area contributed by atoms with E-state index in [1.165, 1.54) is 16.7 Å². The molecule has 3 aliphatic rings. The lowest BCUT2D eigenvalue weighted by Gasteiger charge is -2.47. The zero-order valence-electron chi connectivity index (χ0n) is 21.7. The third kappa shape index (κ3) is 5.75. The fraction of sp³-hybridized carbons (Fsp3) is 0.667. The maximum Gasteiger partial charge on any atom is 0.314 e. The number of carbonyl (C=O) groups is 2. The monoisotopic (exact) mass is 468 g/mol. The van der Waals surface area contributed by atoms with Gasteiger partial charge in [0.05, 0.1) is 11.3 Å². The van der Waals surface area contributed by atoms with Crippen LogP contribution < -0.4 is 0 Å². The summed E-state index contributed by atoms with van der Waals surface area (Å²) < 4.78 is 0. The zero-order chi connectivity index (χ0) is 25.0. The van der Waals surface area contributed by atoms with Crippen LogP contribution in [0.25, 0.3) is 0 Å². The van der Waals surface area contributed by atoms with Gasteiger partial charge in [-0.15, -0.1) is 0 Å². The summed E-state index contributed by atoms with van der Waals surface area (Å²) in [5.41, 5.74) is 2.99. The Hall–Kier alpha value is -2.10. The molecule has 0 heterocycles. The summed E-state index contributed by atoms with van der Waals surface area (Å²) in [5.74, 6) is -0.367. The van der Waals surface area contributed by atoms with Crippen LogP contribution >= 0.6 is 0 Å². The Morgan fingerprint density at radius 3 is 2.35 bits per heavy atom. The van der Waals surface area contributed by atoms with E-state index in [9.17, 15) is 19.8 Å². The summed E-state index contributed by atoms with van der Waals surface area (Å²) in [6.45, 7) is 10.8. The van der Waals surface area contributed by atoms with Crippen molar-refractivity contribution in [3.8, 4) is 0 Å². The molecular formula is C30H44O4. The van der Waals surface area contributed by atoms with Gasteiger partial charge in [-0.25, -0.2) is 0 Å². The van der Waals surface area contributed by atoms with Crippen LogP contribution in [0.15, 0.2) is 47.1 Å². The molecule has 0 radical (unpaired) electrons. The average Bonchev–Trinajstić information content (AvgIpc) is 2.78. The van der Waals surface area contributed by atoms with Crippen LogP contribution in [0, 0.1) is 40.9 Å². The van der Waals surface area contributed by atoms with Crippen LogP contribution in [-0.4, -0.2) is 22.2 Å². The number of carboxylic acids is 2. The molecule has 0 aliphatic heterocycles. The Balaban J connectivity index is 1.82. The number of carboxylic acid groups (broad SMARTS) is 2. The van der Waals surface area contributed by atoms with Gasteiger partial charge in [0.1, 0.15) is 0 Å². The minimum absolute atomic E-state index is 0.104. The average molecular weight is 469 g/mol. The SMILES string of the molecule is CC(C)=CCC[C@@H](C)[C@@H]1C=C[C@]2(C(=O)O)[C@@H](CC(C)=C[C@H]2/C=C(\C)C2CCC(C(=O)O)CC2)C1. The third-order valence-electron chi connectivity index (χ3n) is 8.87. The number of hydrogen-bond donors (Lipinski definition) is 2. The molecule has 0 bridgehead atoms. The molecule has 4 heteroatoms. The fourth-order valence-electron chi connectivity index (χ4n) is 6.62. The minimum Gasteiger partial charge on any atom is -0.481 e. The van der Waals surface area contributed by atoms with Crippen LogP contribution in [0.2, 0.25) is 0 Å². The highest BCUT2D eigenvalue weighted by molar-refractivity contribution is 5.80. The molecule has 0 spiro atoms. The first-order chi connectivity index (χ1) is 16.0. The van der Waals surface area contributed by atoms with Crippen molar-refractivity contribution in [3.05, 3.63) is 47.1 Å². The molecule has 0 aromatic heterocycles. The van der Waals surface area contributed by atoms with E-state index >= 15 is 0 Å². The Morgan fingerprint density at radius 1 is 1.12 bits per heavy atom. The largest absolute Gasteiger partial charge is 0.481 e. The molecule has 188 valence electrons. The summed E-state index contributed by atoms with van der Waals surface area (Å²) in [5, 5.41) is 19.9. The van der Waals surface area contributed by atoms with Crippen molar-refractivity contribution in [3.63, 3.8) is 0 Å². The van der Waals surface area contributed by atoms with Crippen molar-refractivity contribution < 1.29 is 19.8 Å². The van der Waals surface area contributed by atoms with Gasteiger partial charge in [-0.3, -0.25) is 9.59 Å². The number of hydrogen-bond acceptors (Lipinski definition) is 2. The molecule has 0 aromatic rings. The zero-order valence-corrected chi connectivity index (χ0v) is 21.7. The lowest BCUT2D eigenvalue weighted by Crippen LogP contribution is -2.47. The Labute approximate surface area is 205 Å². The van der Waals surface area contributed by atoms with Gasteiger partial charge in [-0.2, -0.15) is 0 Å². The molecule has 0 amide bonds. The van der Waals surface area contributed by atoms with Crippen molar-refractivity contribution >= 4 is 11.9 Å². The van der Waals surface area contributed by atoms with Crippen LogP contribution in [0.3, 0.4) is 0 Å². The quantitative estimate of drug-likeness (QED) is 0.363. The minimum atomic E-state index is -0.880. The highest BCUT2D eigenvalue weighted by Crippen LogP contribution is 2.53. The van der Waals surface area contributed by atoms with E-state index in [-0.39, 0.29) is 17.8 Å². The summed E-state index contributed by atoms with van der Waals surface area (Å²) in [4.78, 5) is 24.2. The maximum absolute atomic E-state index is 12.8. The van der Waals surface area contributed by atoms with E-state index in [1.807, 2.05) is 6.08 Å². The topological polar surface area (TPSA) is 74.6 Å². The van der Waals surface area contributed by atoms with E-state index in [4.69, 9.17) is 0 Å². The molecule has 3 aliphatic carbocycles. The first kappa shape index (κ1) is 26.5. The van der Waals surface area contributed by atoms with Gasteiger partial charge in [-0.1, -0.05) is 54.0 Å². The van der Waals surface area contributed by atoms with E-state index in [1.54, 1.807) is 0 Å². The van der Waals surface area contributed by atoms with E-state index in [0.29, 0.717) is 30.6 Å². The summed E-state index contributed by atoms with van der Waals surface area (Å²) in [6.07, 6.45) is 18.1. The van der Waals surface area contributed by atoms with Crippen LogP contribution in [-0.2, 0) is 9.59 Å². The lowest BCUT2D eigenvalue weighted by molar-refractivity contribution is -0.152. The van der Waals surface area contributed by atoms with Gasteiger partial charge >= 0.3 is 11.9 Å². The molecule has 4 nitrogen and oxygen atoms in total. The second kappa shape index (κ2) is 11.1. The van der Waals surface area contributed by atoms with Crippen molar-refractivity contribution in [1.29, 1.82) is 0 Å². The van der Waals surface area contributed by atoms with Gasteiger partial charge in [0.2, 0.25) is 0 Å². The lowest BCUT2D eigenvalue weighted by atomic mass is 9.55. The van der Waals surface area contributed by atoms with Gasteiger partial charge in [0, 0.05) is 5.92 Å². The van der Waals surface area contributed by atoms with Gasteiger partial charge < -0.3 is 10.2 Å². The van der Waals surface area contributed by atoms with Crippen LogP contribution in [0.1, 0.15) is 86.0 Å². The number of allylic oxidation sites excluding steroid dienone is 7. The Bertz CT molecular complexity index is 879. The summed E-state index contributed by atoms with van der Waals surface area (Å²) in [7, 11) is 0. The van der Waals surface area contributed by atoms with Crippen molar-refractivity contribution in [2.24, 2.45) is 40.9 Å². The molecular weight excluding hydrogens is 424 g/mol. The highest BCUT2D eigenvalue weighted by atomic mass is 16.4. The maximum atomic E-state index is 12.8. The van der Waals surface area contributed by atoms with Crippen LogP contribution in [0.4, 0.5) is 0 Å². The standard InChI is InChI=1S/C30H44O4/c1-19(2)7-6-8-21(4)25-13-14-30(29(33)34)26(15-20(3)16-27(30)18-25)17-22(5)23-9-11-24(12-10-23)28(31)32/h7,13-15,17,21,23-27H,6,8-12,16,18H2,1-5H3,(H,31,32)(H,33,34)/b22-17+/t21-,23?,24?,25-,26+,27+,30-/m1/s1. The fourth-order valence-corrected chi connectivity index (χ4v) is 6.62. The Morgan fingerprint density at radius 2 is 1.76 bits per heavy atom. The summed E-state index contributed by atoms with van der Waals surface area (Å²) >= 11 is 0. The smallest absolute Gasteiger partial charge is 0.314 e. The third-order valence-corrected chi connectivity index (χ3v) is 8.87. The van der Waals surface area contributed by atoms with Crippen molar-refractivity contribution in [1.82, 2.24) is 0 Å². The molecule has 0 unspecified atom stereocenters. The Kier molecular flexibility index (Phi) is 8.65. The predicted molar refractivity (Wildman–Crippen MR) is 137 cm³/mol. The second-order valence-corrected chi connectivity index (χ2v) is 11.6. The van der Waals surface area contributed by atoms with Crippen molar-refractivity contribution in [2.45, 2.75) is 86.0 Å². The van der Waals surface area contributed by atoms with Gasteiger partial charge in [0.25, 0.3) is 0 Å². The van der Waals surface area contributed by atoms with E-state index in [2.05, 4.69) is 58.9 Å². The normalized spacial score (nSPS) is 34.6. The first-order valence-electron chi connectivity index (χ1n) is 13.2. The van der Waals surface area contributed by atoms with E-state index < -0.39 is 17.4 Å². The number of aliphatic carboxylic acids is 2. The molecule has 1 saturated carbocycles. The predicted octanol–water partition coefficient (Wildman–Crippen LogP) is 7.44. The highest BCUT2D eigenvalue weighted by Gasteiger charge is 2.52. The number of rotatable bonds is 8. The summed E-state index contributed by atoms with van der Waals surface area (Å²) in [6, 6.07) is 0. The van der Waals surface area contributed by atoms with Gasteiger partial charge in [0.15, 0.2) is 0 Å². The van der Waals surface area contributed by atoms with Crippen LogP contribution in [0.5, 0.6) is 0 Å². The molecule has 2 N–H and O–H groups in total. The molecule has 3 rings (SSSR count). The van der Waals surface area contributed by atoms with Gasteiger partial charge in [-0.05, 0) is 103 Å². The number of fused-ring (bicyclic) bond motifs is 1. The van der Waals surface area contributed by atoms with Crippen molar-refractivity contribution in [2.75, 3.05) is 0 Å². The van der Waals surface area contributed by atoms with E-state index in [0.717, 1.165) is 38.5 Å². The first-order valence-corrected chi connectivity index (χ1v) is 13.2.